The fourth-order valence-electron chi connectivity index (χ4n) is 4.33. The fraction of sp³-hybridized carbons (Fsp3) is 0.280. The molecule has 0 aliphatic carbocycles. The average Bonchev–Trinajstić information content (AvgIpc) is 2.88. The average molecular weight is 481 g/mol. The SMILES string of the molecule is COc1ccccc1C(=O)NCC1(c2ccccc2)CCN(S(=O)(=O)Nc2cccnc2)CC1. The molecule has 0 radical (unpaired) electrons. The number of carbonyl (C=O) groups excluding carboxylic acids is 1. The number of nitrogens with one attached hydrogen (secondary N) is 2. The van der Waals surface area contributed by atoms with Crippen LogP contribution in [0.25, 0.3) is 0 Å². The van der Waals surface area contributed by atoms with Crippen LogP contribution in [0.5, 0.6) is 5.75 Å². The molecular weight excluding hydrogens is 452 g/mol. The third-order valence-electron chi connectivity index (χ3n) is 6.25. The number of amides is 1. The summed E-state index contributed by atoms with van der Waals surface area (Å²) >= 11 is 0. The Hall–Kier alpha value is -3.43. The van der Waals surface area contributed by atoms with E-state index in [1.54, 1.807) is 36.5 Å². The molecule has 0 bridgehead atoms. The molecule has 0 saturated carbocycles. The zero-order valence-electron chi connectivity index (χ0n) is 19.0. The molecule has 1 aliphatic rings. The highest BCUT2D eigenvalue weighted by Crippen LogP contribution is 2.36. The lowest BCUT2D eigenvalue weighted by Gasteiger charge is -2.41. The standard InChI is InChI=1S/C25H28N4O4S/c1-33-23-12-6-5-11-22(23)24(30)27-19-25(20-8-3-2-4-9-20)13-16-29(17-14-25)34(31,32)28-21-10-7-15-26-18-21/h2-12,15,18,28H,13-14,16-17,19H2,1H3,(H,27,30). The molecule has 34 heavy (non-hydrogen) atoms. The number of benzene rings is 2. The molecule has 178 valence electrons. The van der Waals surface area contributed by atoms with Crippen LogP contribution in [-0.2, 0) is 15.6 Å². The van der Waals surface area contributed by atoms with Crippen LogP contribution in [0, 0.1) is 0 Å². The van der Waals surface area contributed by atoms with Gasteiger partial charge in [0.15, 0.2) is 0 Å². The monoisotopic (exact) mass is 480 g/mol. The summed E-state index contributed by atoms with van der Waals surface area (Å²) in [5.74, 6) is 0.289. The number of hydrogen-bond donors (Lipinski definition) is 2. The van der Waals surface area contributed by atoms with E-state index in [1.807, 2.05) is 36.4 Å². The smallest absolute Gasteiger partial charge is 0.301 e. The van der Waals surface area contributed by atoms with Gasteiger partial charge < -0.3 is 10.1 Å². The van der Waals surface area contributed by atoms with Crippen LogP contribution in [-0.4, -0.2) is 50.4 Å². The van der Waals surface area contributed by atoms with Gasteiger partial charge in [-0.25, -0.2) is 0 Å². The lowest BCUT2D eigenvalue weighted by Crippen LogP contribution is -2.51. The molecule has 2 heterocycles. The van der Waals surface area contributed by atoms with Gasteiger partial charge in [-0.2, -0.15) is 12.7 Å². The molecule has 1 fully saturated rings. The van der Waals surface area contributed by atoms with E-state index in [0.717, 1.165) is 5.56 Å². The minimum Gasteiger partial charge on any atom is -0.496 e. The van der Waals surface area contributed by atoms with E-state index in [9.17, 15) is 13.2 Å². The maximum atomic E-state index is 13.0. The summed E-state index contributed by atoms with van der Waals surface area (Å²) in [6.07, 6.45) is 4.20. The van der Waals surface area contributed by atoms with Crippen molar-refractivity contribution in [3.63, 3.8) is 0 Å². The molecule has 2 N–H and O–H groups in total. The van der Waals surface area contributed by atoms with Gasteiger partial charge in [0.25, 0.3) is 5.91 Å². The molecule has 0 unspecified atom stereocenters. The van der Waals surface area contributed by atoms with Crippen LogP contribution in [0.15, 0.2) is 79.1 Å². The van der Waals surface area contributed by atoms with E-state index < -0.39 is 10.2 Å². The number of ether oxygens (including phenoxy) is 1. The quantitative estimate of drug-likeness (QED) is 0.516. The number of methoxy groups -OCH3 is 1. The van der Waals surface area contributed by atoms with E-state index in [2.05, 4.69) is 15.0 Å². The third-order valence-corrected chi connectivity index (χ3v) is 7.79. The molecule has 1 amide bonds. The zero-order chi connectivity index (χ0) is 24.0. The first-order chi connectivity index (χ1) is 16.4. The number of anilines is 1. The lowest BCUT2D eigenvalue weighted by molar-refractivity contribution is 0.0930. The minimum absolute atomic E-state index is 0.221. The van der Waals surface area contributed by atoms with E-state index in [1.165, 1.54) is 17.6 Å². The van der Waals surface area contributed by atoms with Crippen LogP contribution in [0.3, 0.4) is 0 Å². The summed E-state index contributed by atoms with van der Waals surface area (Å²) < 4.78 is 35.2. The van der Waals surface area contributed by atoms with Crippen molar-refractivity contribution in [1.82, 2.24) is 14.6 Å². The number of pyridine rings is 1. The van der Waals surface area contributed by atoms with Gasteiger partial charge >= 0.3 is 10.2 Å². The number of aromatic nitrogens is 1. The second-order valence-corrected chi connectivity index (χ2v) is 9.95. The van der Waals surface area contributed by atoms with Crippen molar-refractivity contribution in [1.29, 1.82) is 0 Å². The molecule has 1 aliphatic heterocycles. The van der Waals surface area contributed by atoms with E-state index in [-0.39, 0.29) is 11.3 Å². The second kappa shape index (κ2) is 10.2. The Morgan fingerprint density at radius 3 is 2.41 bits per heavy atom. The van der Waals surface area contributed by atoms with Gasteiger partial charge in [0.2, 0.25) is 0 Å². The lowest BCUT2D eigenvalue weighted by atomic mass is 9.73. The molecule has 0 atom stereocenters. The van der Waals surface area contributed by atoms with Crippen molar-refractivity contribution in [2.45, 2.75) is 18.3 Å². The van der Waals surface area contributed by atoms with Crippen molar-refractivity contribution in [2.24, 2.45) is 0 Å². The predicted octanol–water partition coefficient (Wildman–Crippen LogP) is 3.21. The topological polar surface area (TPSA) is 101 Å². The number of carbonyl (C=O) groups is 1. The highest BCUT2D eigenvalue weighted by atomic mass is 32.2. The Kier molecular flexibility index (Phi) is 7.14. The summed E-state index contributed by atoms with van der Waals surface area (Å²) in [5, 5.41) is 3.07. The highest BCUT2D eigenvalue weighted by Gasteiger charge is 2.39. The number of piperidine rings is 1. The van der Waals surface area contributed by atoms with Crippen molar-refractivity contribution >= 4 is 21.8 Å². The van der Waals surface area contributed by atoms with Crippen LogP contribution < -0.4 is 14.8 Å². The van der Waals surface area contributed by atoms with Gasteiger partial charge in [0.05, 0.1) is 24.6 Å². The maximum absolute atomic E-state index is 13.0. The largest absolute Gasteiger partial charge is 0.496 e. The van der Waals surface area contributed by atoms with E-state index in [4.69, 9.17) is 4.74 Å². The second-order valence-electron chi connectivity index (χ2n) is 8.28. The number of rotatable bonds is 8. The van der Waals surface area contributed by atoms with Crippen LogP contribution >= 0.6 is 0 Å². The van der Waals surface area contributed by atoms with Gasteiger partial charge in [-0.1, -0.05) is 42.5 Å². The summed E-state index contributed by atoms with van der Waals surface area (Å²) in [5.41, 5.74) is 1.58. The Morgan fingerprint density at radius 1 is 1.03 bits per heavy atom. The molecule has 8 nitrogen and oxygen atoms in total. The van der Waals surface area contributed by atoms with Gasteiger partial charge in [0, 0.05) is 31.2 Å². The molecule has 2 aromatic carbocycles. The van der Waals surface area contributed by atoms with Crippen LogP contribution in [0.2, 0.25) is 0 Å². The van der Waals surface area contributed by atoms with E-state index >= 15 is 0 Å². The first-order valence-corrected chi connectivity index (χ1v) is 12.5. The maximum Gasteiger partial charge on any atom is 0.301 e. The van der Waals surface area contributed by atoms with Crippen molar-refractivity contribution < 1.29 is 17.9 Å². The fourth-order valence-corrected chi connectivity index (χ4v) is 5.54. The van der Waals surface area contributed by atoms with Crippen molar-refractivity contribution in [3.05, 3.63) is 90.3 Å². The molecule has 1 saturated heterocycles. The normalized spacial score (nSPS) is 15.9. The Bertz CT molecular complexity index is 1210. The van der Waals surface area contributed by atoms with Gasteiger partial charge in [-0.15, -0.1) is 0 Å². The predicted molar refractivity (Wildman–Crippen MR) is 131 cm³/mol. The number of para-hydroxylation sites is 1. The van der Waals surface area contributed by atoms with Crippen molar-refractivity contribution in [3.8, 4) is 5.75 Å². The first kappa shape index (κ1) is 23.7. The Labute approximate surface area is 200 Å². The highest BCUT2D eigenvalue weighted by molar-refractivity contribution is 7.90. The number of hydrogen-bond acceptors (Lipinski definition) is 5. The third kappa shape index (κ3) is 5.21. The molecule has 9 heteroatoms. The van der Waals surface area contributed by atoms with Crippen LogP contribution in [0.1, 0.15) is 28.8 Å². The zero-order valence-corrected chi connectivity index (χ0v) is 19.8. The Balaban J connectivity index is 1.50. The minimum atomic E-state index is -3.71. The van der Waals surface area contributed by atoms with Gasteiger partial charge in [0.1, 0.15) is 5.75 Å². The molecule has 3 aromatic rings. The summed E-state index contributed by atoms with van der Waals surface area (Å²) in [6.45, 7) is 1.04. The molecule has 0 spiro atoms. The summed E-state index contributed by atoms with van der Waals surface area (Å²) in [7, 11) is -2.18. The molecular formula is C25H28N4O4S. The molecule has 4 rings (SSSR count). The summed E-state index contributed by atoms with van der Waals surface area (Å²) in [4.78, 5) is 16.9. The van der Waals surface area contributed by atoms with Crippen molar-refractivity contribution in [2.75, 3.05) is 31.5 Å². The van der Waals surface area contributed by atoms with Gasteiger partial charge in [-0.05, 0) is 42.7 Å². The number of nitrogens with zero attached hydrogens (tertiary/aromatic N) is 2. The molecule has 1 aromatic heterocycles. The van der Waals surface area contributed by atoms with E-state index in [0.29, 0.717) is 49.5 Å². The first-order valence-electron chi connectivity index (χ1n) is 11.1. The summed E-state index contributed by atoms with van der Waals surface area (Å²) in [6, 6.07) is 20.4. The Morgan fingerprint density at radius 2 is 1.74 bits per heavy atom. The van der Waals surface area contributed by atoms with Crippen LogP contribution in [0.4, 0.5) is 5.69 Å². The van der Waals surface area contributed by atoms with Gasteiger partial charge in [-0.3, -0.25) is 14.5 Å².